The predicted octanol–water partition coefficient (Wildman–Crippen LogP) is 1.37. The Morgan fingerprint density at radius 3 is 2.80 bits per heavy atom. The molecule has 0 amide bonds. The average Bonchev–Trinajstić information content (AvgIpc) is 2.29. The summed E-state index contributed by atoms with van der Waals surface area (Å²) in [6.07, 6.45) is 0.305. The van der Waals surface area contributed by atoms with Crippen LogP contribution in [0.3, 0.4) is 0 Å². The molecular weight excluding hydrogens is 192 g/mol. The van der Waals surface area contributed by atoms with Crippen molar-refractivity contribution in [2.75, 3.05) is 13.2 Å². The number of nitrogens with zero attached hydrogens (tertiary/aromatic N) is 1. The summed E-state index contributed by atoms with van der Waals surface area (Å²) >= 11 is 0. The van der Waals surface area contributed by atoms with E-state index in [4.69, 9.17) is 20.5 Å². The van der Waals surface area contributed by atoms with Gasteiger partial charge in [-0.1, -0.05) is 6.07 Å². The van der Waals surface area contributed by atoms with Gasteiger partial charge in [0, 0.05) is 6.04 Å². The molecule has 4 heteroatoms. The van der Waals surface area contributed by atoms with Gasteiger partial charge < -0.3 is 15.2 Å². The van der Waals surface area contributed by atoms with Crippen molar-refractivity contribution in [2.24, 2.45) is 5.73 Å². The highest BCUT2D eigenvalue weighted by Crippen LogP contribution is 2.32. The van der Waals surface area contributed by atoms with Crippen LogP contribution in [0.4, 0.5) is 0 Å². The molecule has 0 spiro atoms. The van der Waals surface area contributed by atoms with Crippen LogP contribution < -0.4 is 15.2 Å². The molecule has 0 fully saturated rings. The molecule has 1 heterocycles. The van der Waals surface area contributed by atoms with E-state index in [2.05, 4.69) is 0 Å². The fraction of sp³-hybridized carbons (Fsp3) is 0.364. The van der Waals surface area contributed by atoms with Crippen LogP contribution in [0.25, 0.3) is 0 Å². The van der Waals surface area contributed by atoms with Crippen molar-refractivity contribution in [1.82, 2.24) is 0 Å². The molecule has 1 aliphatic rings. The first-order chi connectivity index (χ1) is 7.31. The Labute approximate surface area is 88.2 Å². The summed E-state index contributed by atoms with van der Waals surface area (Å²) in [5.74, 6) is 1.46. The molecule has 1 aliphatic heterocycles. The van der Waals surface area contributed by atoms with Gasteiger partial charge in [0.05, 0.1) is 12.5 Å². The van der Waals surface area contributed by atoms with Crippen LogP contribution in [0.5, 0.6) is 11.5 Å². The Morgan fingerprint density at radius 1 is 1.33 bits per heavy atom. The van der Waals surface area contributed by atoms with Gasteiger partial charge in [-0.05, 0) is 17.7 Å². The molecule has 0 aliphatic carbocycles. The van der Waals surface area contributed by atoms with E-state index in [1.54, 1.807) is 0 Å². The number of hydrogen-bond donors (Lipinski definition) is 1. The Kier molecular flexibility index (Phi) is 2.75. The van der Waals surface area contributed by atoms with E-state index in [1.807, 2.05) is 24.3 Å². The first-order valence-electron chi connectivity index (χ1n) is 4.83. The zero-order valence-electron chi connectivity index (χ0n) is 8.27. The topological polar surface area (TPSA) is 68.3 Å². The SMILES string of the molecule is N#CC[C@H](N)c1ccc2c(c1)OCCO2. The van der Waals surface area contributed by atoms with Crippen LogP contribution in [0.1, 0.15) is 18.0 Å². The highest BCUT2D eigenvalue weighted by Gasteiger charge is 2.14. The van der Waals surface area contributed by atoms with Gasteiger partial charge in [-0.25, -0.2) is 0 Å². The molecule has 0 aromatic heterocycles. The van der Waals surface area contributed by atoms with E-state index in [0.29, 0.717) is 25.4 Å². The zero-order chi connectivity index (χ0) is 10.7. The van der Waals surface area contributed by atoms with Crippen molar-refractivity contribution >= 4 is 0 Å². The maximum atomic E-state index is 8.55. The third-order valence-corrected chi connectivity index (χ3v) is 2.31. The van der Waals surface area contributed by atoms with Crippen LogP contribution in [0.2, 0.25) is 0 Å². The standard InChI is InChI=1S/C11H12N2O2/c12-4-3-9(13)8-1-2-10-11(7-8)15-6-5-14-10/h1-2,7,9H,3,5-6,13H2/t9-/m0/s1. The summed E-state index contributed by atoms with van der Waals surface area (Å²) in [6.45, 7) is 1.14. The van der Waals surface area contributed by atoms with Crippen molar-refractivity contribution in [2.45, 2.75) is 12.5 Å². The first-order valence-corrected chi connectivity index (χ1v) is 4.83. The average molecular weight is 204 g/mol. The van der Waals surface area contributed by atoms with Gasteiger partial charge in [0.1, 0.15) is 13.2 Å². The molecule has 78 valence electrons. The summed E-state index contributed by atoms with van der Waals surface area (Å²) in [6, 6.07) is 7.34. The number of benzene rings is 1. The van der Waals surface area contributed by atoms with Crippen LogP contribution in [0.15, 0.2) is 18.2 Å². The van der Waals surface area contributed by atoms with Crippen LogP contribution in [-0.4, -0.2) is 13.2 Å². The predicted molar refractivity (Wildman–Crippen MR) is 54.6 cm³/mol. The Balaban J connectivity index is 2.24. The molecule has 1 aromatic carbocycles. The third kappa shape index (κ3) is 2.03. The van der Waals surface area contributed by atoms with Crippen molar-refractivity contribution in [3.63, 3.8) is 0 Å². The summed E-state index contributed by atoms with van der Waals surface area (Å²) in [5.41, 5.74) is 6.72. The Morgan fingerprint density at radius 2 is 2.07 bits per heavy atom. The van der Waals surface area contributed by atoms with Gasteiger partial charge in [-0.2, -0.15) is 5.26 Å². The Hall–Kier alpha value is -1.73. The van der Waals surface area contributed by atoms with Crippen molar-refractivity contribution in [3.8, 4) is 17.6 Å². The second kappa shape index (κ2) is 4.20. The lowest BCUT2D eigenvalue weighted by molar-refractivity contribution is 0.171. The number of nitriles is 1. The van der Waals surface area contributed by atoms with Gasteiger partial charge in [-0.3, -0.25) is 0 Å². The van der Waals surface area contributed by atoms with Crippen LogP contribution >= 0.6 is 0 Å². The minimum Gasteiger partial charge on any atom is -0.486 e. The molecule has 2 N–H and O–H groups in total. The van der Waals surface area contributed by atoms with Gasteiger partial charge in [0.25, 0.3) is 0 Å². The lowest BCUT2D eigenvalue weighted by Crippen LogP contribution is -2.16. The van der Waals surface area contributed by atoms with Crippen molar-refractivity contribution in [1.29, 1.82) is 5.26 Å². The van der Waals surface area contributed by atoms with Gasteiger partial charge in [0.2, 0.25) is 0 Å². The van der Waals surface area contributed by atoms with Crippen molar-refractivity contribution in [3.05, 3.63) is 23.8 Å². The first kappa shape index (κ1) is 9.81. The number of fused-ring (bicyclic) bond motifs is 1. The van der Waals surface area contributed by atoms with E-state index >= 15 is 0 Å². The second-order valence-electron chi connectivity index (χ2n) is 3.37. The lowest BCUT2D eigenvalue weighted by Gasteiger charge is -2.19. The lowest BCUT2D eigenvalue weighted by atomic mass is 10.0. The van der Waals surface area contributed by atoms with Crippen LogP contribution in [0, 0.1) is 11.3 Å². The van der Waals surface area contributed by atoms with Gasteiger partial charge in [-0.15, -0.1) is 0 Å². The minimum absolute atomic E-state index is 0.258. The summed E-state index contributed by atoms with van der Waals surface area (Å²) < 4.78 is 10.8. The van der Waals surface area contributed by atoms with Gasteiger partial charge in [0.15, 0.2) is 11.5 Å². The number of hydrogen-bond acceptors (Lipinski definition) is 4. The largest absolute Gasteiger partial charge is 0.486 e. The highest BCUT2D eigenvalue weighted by molar-refractivity contribution is 5.44. The third-order valence-electron chi connectivity index (χ3n) is 2.31. The van der Waals surface area contributed by atoms with E-state index < -0.39 is 0 Å². The normalized spacial score (nSPS) is 15.5. The zero-order valence-corrected chi connectivity index (χ0v) is 8.27. The summed E-state index contributed by atoms with van der Waals surface area (Å²) in [4.78, 5) is 0. The molecule has 2 rings (SSSR count). The Bertz CT molecular complexity index is 398. The minimum atomic E-state index is -0.258. The fourth-order valence-corrected chi connectivity index (χ4v) is 1.51. The van der Waals surface area contributed by atoms with E-state index in [9.17, 15) is 0 Å². The summed E-state index contributed by atoms with van der Waals surface area (Å²) in [5, 5.41) is 8.55. The summed E-state index contributed by atoms with van der Waals surface area (Å²) in [7, 11) is 0. The maximum Gasteiger partial charge on any atom is 0.161 e. The molecular formula is C11H12N2O2. The molecule has 4 nitrogen and oxygen atoms in total. The highest BCUT2D eigenvalue weighted by atomic mass is 16.6. The molecule has 1 atom stereocenters. The van der Waals surface area contributed by atoms with E-state index in [1.165, 1.54) is 0 Å². The molecule has 1 aromatic rings. The number of nitrogens with two attached hydrogens (primary N) is 1. The second-order valence-corrected chi connectivity index (χ2v) is 3.37. The maximum absolute atomic E-state index is 8.55. The molecule has 15 heavy (non-hydrogen) atoms. The quantitative estimate of drug-likeness (QED) is 0.790. The molecule has 0 saturated heterocycles. The molecule has 0 unspecified atom stereocenters. The van der Waals surface area contributed by atoms with E-state index in [0.717, 1.165) is 11.3 Å². The molecule has 0 saturated carbocycles. The van der Waals surface area contributed by atoms with Crippen molar-refractivity contribution < 1.29 is 9.47 Å². The van der Waals surface area contributed by atoms with Gasteiger partial charge >= 0.3 is 0 Å². The number of ether oxygens (including phenoxy) is 2. The molecule has 0 radical (unpaired) electrons. The smallest absolute Gasteiger partial charge is 0.161 e. The number of rotatable bonds is 2. The fourth-order valence-electron chi connectivity index (χ4n) is 1.51. The monoisotopic (exact) mass is 204 g/mol. The molecule has 0 bridgehead atoms. The van der Waals surface area contributed by atoms with E-state index in [-0.39, 0.29) is 6.04 Å². The van der Waals surface area contributed by atoms with Crippen LogP contribution in [-0.2, 0) is 0 Å².